The highest BCUT2D eigenvalue weighted by atomic mass is 19.1. The maximum Gasteiger partial charge on any atom is 0.170 e. The van der Waals surface area contributed by atoms with Gasteiger partial charge in [-0.15, -0.1) is 0 Å². The van der Waals surface area contributed by atoms with E-state index >= 15 is 0 Å². The number of Topliss-reactive ketones (excluding diaryl/α,β-unsaturated/α-hetero) is 1. The van der Waals surface area contributed by atoms with Gasteiger partial charge in [0, 0.05) is 18.5 Å². The van der Waals surface area contributed by atoms with E-state index in [0.717, 1.165) is 0 Å². The van der Waals surface area contributed by atoms with E-state index in [2.05, 4.69) is 0 Å². The fourth-order valence-electron chi connectivity index (χ4n) is 1.92. The first-order chi connectivity index (χ1) is 8.49. The molecule has 0 fully saturated rings. The Balaban J connectivity index is 2.94. The third-order valence-electron chi connectivity index (χ3n) is 2.85. The van der Waals surface area contributed by atoms with Crippen molar-refractivity contribution in [2.45, 2.75) is 20.3 Å². The first kappa shape index (κ1) is 14.6. The van der Waals surface area contributed by atoms with Crippen LogP contribution < -0.4 is 10.5 Å². The van der Waals surface area contributed by atoms with Crippen molar-refractivity contribution >= 4 is 5.78 Å². The minimum atomic E-state index is -0.554. The van der Waals surface area contributed by atoms with Gasteiger partial charge in [-0.2, -0.15) is 0 Å². The van der Waals surface area contributed by atoms with E-state index in [4.69, 9.17) is 10.5 Å². The molecule has 0 saturated carbocycles. The molecule has 1 unspecified atom stereocenters. The molecule has 0 spiro atoms. The van der Waals surface area contributed by atoms with E-state index in [-0.39, 0.29) is 23.8 Å². The molecule has 18 heavy (non-hydrogen) atoms. The number of halogens is 1. The minimum absolute atomic E-state index is 0.0897. The number of ether oxygens (including phenoxy) is 1. The molecule has 2 N–H and O–H groups in total. The van der Waals surface area contributed by atoms with Crippen LogP contribution in [0.4, 0.5) is 4.39 Å². The van der Waals surface area contributed by atoms with Crippen molar-refractivity contribution in [3.05, 3.63) is 29.6 Å². The lowest BCUT2D eigenvalue weighted by atomic mass is 9.89. The Bertz CT molecular complexity index is 418. The summed E-state index contributed by atoms with van der Waals surface area (Å²) in [6.45, 7) is 4.27. The molecule has 1 aromatic rings. The second kappa shape index (κ2) is 6.50. The van der Waals surface area contributed by atoms with Crippen LogP contribution in [0.3, 0.4) is 0 Å². The van der Waals surface area contributed by atoms with Crippen LogP contribution in [0.25, 0.3) is 0 Å². The fraction of sp³-hybridized carbons (Fsp3) is 0.500. The summed E-state index contributed by atoms with van der Waals surface area (Å²) in [5, 5.41) is 0. The van der Waals surface area contributed by atoms with Gasteiger partial charge in [-0.25, -0.2) is 4.39 Å². The van der Waals surface area contributed by atoms with Gasteiger partial charge in [-0.1, -0.05) is 13.8 Å². The molecule has 3 nitrogen and oxygen atoms in total. The molecule has 0 aromatic heterocycles. The zero-order chi connectivity index (χ0) is 13.7. The van der Waals surface area contributed by atoms with Gasteiger partial charge in [0.15, 0.2) is 5.78 Å². The van der Waals surface area contributed by atoms with Crippen LogP contribution in [0.15, 0.2) is 18.2 Å². The lowest BCUT2D eigenvalue weighted by Gasteiger charge is -2.16. The van der Waals surface area contributed by atoms with Crippen molar-refractivity contribution in [2.75, 3.05) is 13.7 Å². The van der Waals surface area contributed by atoms with Crippen LogP contribution in [0.2, 0.25) is 0 Å². The van der Waals surface area contributed by atoms with Crippen LogP contribution >= 0.6 is 0 Å². The number of hydrogen-bond acceptors (Lipinski definition) is 3. The van der Waals surface area contributed by atoms with Crippen molar-refractivity contribution in [3.63, 3.8) is 0 Å². The summed E-state index contributed by atoms with van der Waals surface area (Å²) in [6.07, 6.45) is 0.667. The first-order valence-corrected chi connectivity index (χ1v) is 6.07. The lowest BCUT2D eigenvalue weighted by molar-refractivity contribution is 0.0904. The summed E-state index contributed by atoms with van der Waals surface area (Å²) >= 11 is 0. The van der Waals surface area contributed by atoms with Gasteiger partial charge in [0.2, 0.25) is 0 Å². The van der Waals surface area contributed by atoms with Crippen molar-refractivity contribution in [3.8, 4) is 5.75 Å². The van der Waals surface area contributed by atoms with Crippen molar-refractivity contribution < 1.29 is 13.9 Å². The van der Waals surface area contributed by atoms with Crippen LogP contribution in [0.1, 0.15) is 30.6 Å². The topological polar surface area (TPSA) is 52.3 Å². The van der Waals surface area contributed by atoms with Gasteiger partial charge >= 0.3 is 0 Å². The third kappa shape index (κ3) is 3.53. The number of hydrogen-bond donors (Lipinski definition) is 1. The smallest absolute Gasteiger partial charge is 0.170 e. The molecule has 1 rings (SSSR count). The van der Waals surface area contributed by atoms with Gasteiger partial charge in [-0.3, -0.25) is 4.79 Å². The lowest BCUT2D eigenvalue weighted by Crippen LogP contribution is -2.26. The first-order valence-electron chi connectivity index (χ1n) is 6.07. The van der Waals surface area contributed by atoms with Crippen LogP contribution in [-0.4, -0.2) is 19.4 Å². The normalized spacial score (nSPS) is 12.6. The molecule has 0 aliphatic rings. The third-order valence-corrected chi connectivity index (χ3v) is 2.85. The van der Waals surface area contributed by atoms with E-state index in [1.165, 1.54) is 19.2 Å². The summed E-state index contributed by atoms with van der Waals surface area (Å²) in [4.78, 5) is 12.2. The maximum absolute atomic E-state index is 13.8. The highest BCUT2D eigenvalue weighted by Gasteiger charge is 2.22. The van der Waals surface area contributed by atoms with Gasteiger partial charge < -0.3 is 10.5 Å². The van der Waals surface area contributed by atoms with Crippen LogP contribution in [0.5, 0.6) is 5.75 Å². The van der Waals surface area contributed by atoms with Crippen molar-refractivity contribution in [1.82, 2.24) is 0 Å². The van der Waals surface area contributed by atoms with Crippen LogP contribution in [-0.2, 0) is 0 Å². The SMILES string of the molecule is COc1ccc(C(=O)C(CN)CC(C)C)c(F)c1. The number of carbonyl (C=O) groups excluding carboxylic acids is 1. The summed E-state index contributed by atoms with van der Waals surface area (Å²) < 4.78 is 18.7. The molecule has 0 aliphatic carbocycles. The predicted molar refractivity (Wildman–Crippen MR) is 69.3 cm³/mol. The van der Waals surface area contributed by atoms with E-state index in [1.807, 2.05) is 13.8 Å². The van der Waals surface area contributed by atoms with Gasteiger partial charge in [0.1, 0.15) is 11.6 Å². The number of nitrogens with two attached hydrogens (primary N) is 1. The molecule has 0 saturated heterocycles. The van der Waals surface area contributed by atoms with E-state index < -0.39 is 5.82 Å². The molecule has 0 aliphatic heterocycles. The Morgan fingerprint density at radius 1 is 1.44 bits per heavy atom. The highest BCUT2D eigenvalue weighted by Crippen LogP contribution is 2.21. The zero-order valence-electron chi connectivity index (χ0n) is 11.1. The van der Waals surface area contributed by atoms with Gasteiger partial charge in [0.05, 0.1) is 12.7 Å². The molecular formula is C14H20FNO2. The Hall–Kier alpha value is -1.42. The molecule has 4 heteroatoms. The zero-order valence-corrected chi connectivity index (χ0v) is 11.1. The molecule has 0 heterocycles. The molecule has 0 bridgehead atoms. The summed E-state index contributed by atoms with van der Waals surface area (Å²) in [6, 6.07) is 4.26. The van der Waals surface area contributed by atoms with Crippen molar-refractivity contribution in [1.29, 1.82) is 0 Å². The Morgan fingerprint density at radius 2 is 2.11 bits per heavy atom. The average Bonchev–Trinajstić information content (AvgIpc) is 2.34. The van der Waals surface area contributed by atoms with E-state index in [1.54, 1.807) is 6.07 Å². The van der Waals surface area contributed by atoms with Gasteiger partial charge in [-0.05, 0) is 24.5 Å². The largest absolute Gasteiger partial charge is 0.497 e. The minimum Gasteiger partial charge on any atom is -0.497 e. The number of rotatable bonds is 6. The van der Waals surface area contributed by atoms with E-state index in [9.17, 15) is 9.18 Å². The maximum atomic E-state index is 13.8. The second-order valence-corrected chi connectivity index (χ2v) is 4.77. The number of carbonyl (C=O) groups is 1. The van der Waals surface area contributed by atoms with Gasteiger partial charge in [0.25, 0.3) is 0 Å². The Morgan fingerprint density at radius 3 is 2.56 bits per heavy atom. The quantitative estimate of drug-likeness (QED) is 0.793. The predicted octanol–water partition coefficient (Wildman–Crippen LogP) is 2.64. The molecule has 1 aromatic carbocycles. The van der Waals surface area contributed by atoms with Crippen molar-refractivity contribution in [2.24, 2.45) is 17.6 Å². The number of benzene rings is 1. The molecule has 0 radical (unpaired) electrons. The summed E-state index contributed by atoms with van der Waals surface area (Å²) in [7, 11) is 1.46. The Kier molecular flexibility index (Phi) is 5.28. The monoisotopic (exact) mass is 253 g/mol. The fourth-order valence-corrected chi connectivity index (χ4v) is 1.92. The molecule has 0 amide bonds. The average molecular weight is 253 g/mol. The Labute approximate surface area is 107 Å². The number of methoxy groups -OCH3 is 1. The highest BCUT2D eigenvalue weighted by molar-refractivity contribution is 5.98. The molecule has 1 atom stereocenters. The van der Waals surface area contributed by atoms with E-state index in [0.29, 0.717) is 18.1 Å². The number of ketones is 1. The van der Waals surface area contributed by atoms with Crippen LogP contribution in [0, 0.1) is 17.7 Å². The standard InChI is InChI=1S/C14H20FNO2/c1-9(2)6-10(8-16)14(17)12-5-4-11(18-3)7-13(12)15/h4-5,7,9-10H,6,8,16H2,1-3H3. The second-order valence-electron chi connectivity index (χ2n) is 4.77. The molecular weight excluding hydrogens is 233 g/mol. The summed E-state index contributed by atoms with van der Waals surface area (Å²) in [5.74, 6) is -0.359. The molecule has 100 valence electrons. The summed E-state index contributed by atoms with van der Waals surface area (Å²) in [5.41, 5.74) is 5.69.